The third-order valence-corrected chi connectivity index (χ3v) is 13.4. The molecule has 6 rings (SSSR count). The zero-order valence-electron chi connectivity index (χ0n) is 21.9. The molecule has 0 aromatic heterocycles. The molecule has 0 aliphatic carbocycles. The van der Waals surface area contributed by atoms with Gasteiger partial charge in [0, 0.05) is 15.1 Å². The molecule has 0 atom stereocenters. The van der Waals surface area contributed by atoms with Crippen molar-refractivity contribution in [2.24, 2.45) is 0 Å². The molecular formula is C36H24Cl4Si. The average molecular weight is 626 g/mol. The Hall–Kier alpha value is -3.30. The van der Waals surface area contributed by atoms with Crippen LogP contribution in [0, 0.1) is 0 Å². The molecule has 6 aromatic rings. The molecule has 0 amide bonds. The van der Waals surface area contributed by atoms with Gasteiger partial charge in [0.1, 0.15) is 0 Å². The maximum absolute atomic E-state index is 8.05. The highest BCUT2D eigenvalue weighted by Crippen LogP contribution is 2.27. The van der Waals surface area contributed by atoms with E-state index in [-0.39, 0.29) is 0 Å². The lowest BCUT2D eigenvalue weighted by molar-refractivity contribution is 1.61. The van der Waals surface area contributed by atoms with Crippen molar-refractivity contribution < 1.29 is 0 Å². The van der Waals surface area contributed by atoms with Gasteiger partial charge in [0.25, 0.3) is 0 Å². The van der Waals surface area contributed by atoms with Crippen LogP contribution in [0.2, 0.25) is 15.1 Å². The third kappa shape index (κ3) is 5.88. The van der Waals surface area contributed by atoms with E-state index in [4.69, 9.17) is 45.9 Å². The van der Waals surface area contributed by atoms with E-state index in [1.807, 2.05) is 72.8 Å². The molecule has 0 aliphatic rings. The summed E-state index contributed by atoms with van der Waals surface area (Å²) in [6, 6.07) is 49.5. The molecule has 0 nitrogen and oxygen atoms in total. The van der Waals surface area contributed by atoms with Crippen LogP contribution in [0.25, 0.3) is 33.4 Å². The van der Waals surface area contributed by atoms with Crippen LogP contribution in [0.5, 0.6) is 0 Å². The summed E-state index contributed by atoms with van der Waals surface area (Å²) in [6.45, 7) is 0. The molecule has 0 fully saturated rings. The molecule has 6 aromatic carbocycles. The Labute approximate surface area is 261 Å². The zero-order chi connectivity index (χ0) is 28.4. The zero-order valence-corrected chi connectivity index (χ0v) is 25.9. The molecule has 200 valence electrons. The van der Waals surface area contributed by atoms with Crippen LogP contribution in [0.4, 0.5) is 0 Å². The topological polar surface area (TPSA) is 0 Å². The molecule has 0 spiro atoms. The molecule has 0 heterocycles. The lowest BCUT2D eigenvalue weighted by Crippen LogP contribution is -2.63. The van der Waals surface area contributed by atoms with Gasteiger partial charge in [-0.1, -0.05) is 144 Å². The van der Waals surface area contributed by atoms with E-state index in [0.717, 1.165) is 48.9 Å². The number of hydrogen-bond acceptors (Lipinski definition) is 0. The fourth-order valence-electron chi connectivity index (χ4n) is 5.17. The number of halogens is 4. The Balaban J connectivity index is 1.54. The minimum Gasteiger partial charge on any atom is -0.149 e. The first-order chi connectivity index (χ1) is 19.9. The molecule has 5 heteroatoms. The molecule has 0 saturated heterocycles. The summed E-state index contributed by atoms with van der Waals surface area (Å²) in [5.74, 6) is 0. The van der Waals surface area contributed by atoms with Crippen LogP contribution in [0.15, 0.2) is 146 Å². The maximum Gasteiger partial charge on any atom is 0.248 e. The van der Waals surface area contributed by atoms with Crippen molar-refractivity contribution >= 4 is 68.8 Å². The Bertz CT molecular complexity index is 1600. The van der Waals surface area contributed by atoms with Crippen LogP contribution < -0.4 is 15.6 Å². The summed E-state index contributed by atoms with van der Waals surface area (Å²) < 4.78 is 0. The van der Waals surface area contributed by atoms with Crippen LogP contribution in [0.3, 0.4) is 0 Å². The van der Waals surface area contributed by atoms with Crippen LogP contribution in [0.1, 0.15) is 0 Å². The predicted octanol–water partition coefficient (Wildman–Crippen LogP) is 9.85. The number of hydrogen-bond donors (Lipinski definition) is 0. The van der Waals surface area contributed by atoms with E-state index in [0.29, 0.717) is 15.1 Å². The molecule has 0 N–H and O–H groups in total. The first-order valence-electron chi connectivity index (χ1n) is 13.2. The first kappa shape index (κ1) is 27.8. The molecule has 0 bridgehead atoms. The average Bonchev–Trinajstić information content (AvgIpc) is 3.02. The van der Waals surface area contributed by atoms with Crippen molar-refractivity contribution in [1.29, 1.82) is 0 Å². The molecule has 0 unspecified atom stereocenters. The minimum atomic E-state index is -3.01. The van der Waals surface area contributed by atoms with Gasteiger partial charge in [-0.3, -0.25) is 0 Å². The molecule has 0 saturated carbocycles. The van der Waals surface area contributed by atoms with Crippen molar-refractivity contribution in [3.8, 4) is 33.4 Å². The second-order valence-corrected chi connectivity index (χ2v) is 16.0. The number of rotatable bonds is 6. The minimum absolute atomic E-state index is 0.712. The van der Waals surface area contributed by atoms with E-state index >= 15 is 0 Å². The second-order valence-electron chi connectivity index (χ2n) is 9.92. The molecule has 0 aliphatic heterocycles. The van der Waals surface area contributed by atoms with Crippen molar-refractivity contribution in [2.75, 3.05) is 0 Å². The van der Waals surface area contributed by atoms with Gasteiger partial charge in [-0.15, -0.1) is 11.1 Å². The molecular weight excluding hydrogens is 602 g/mol. The highest BCUT2D eigenvalue weighted by atomic mass is 35.6. The fourth-order valence-corrected chi connectivity index (χ4v) is 9.64. The van der Waals surface area contributed by atoms with Gasteiger partial charge in [0.2, 0.25) is 7.38 Å². The fraction of sp³-hybridized carbons (Fsp3) is 0. The molecule has 41 heavy (non-hydrogen) atoms. The van der Waals surface area contributed by atoms with Crippen LogP contribution >= 0.6 is 45.9 Å². The van der Waals surface area contributed by atoms with Gasteiger partial charge in [0.05, 0.1) is 0 Å². The van der Waals surface area contributed by atoms with E-state index < -0.39 is 7.38 Å². The van der Waals surface area contributed by atoms with E-state index in [1.165, 1.54) is 0 Å². The lowest BCUT2D eigenvalue weighted by atomic mass is 10.1. The Morgan fingerprint density at radius 1 is 0.317 bits per heavy atom. The highest BCUT2D eigenvalue weighted by Gasteiger charge is 2.38. The van der Waals surface area contributed by atoms with Crippen molar-refractivity contribution in [2.45, 2.75) is 0 Å². The Morgan fingerprint density at radius 3 is 0.854 bits per heavy atom. The second kappa shape index (κ2) is 11.9. The van der Waals surface area contributed by atoms with Gasteiger partial charge in [-0.05, 0) is 85.3 Å². The Morgan fingerprint density at radius 2 is 0.585 bits per heavy atom. The summed E-state index contributed by atoms with van der Waals surface area (Å²) in [5.41, 5.74) is 6.57. The number of benzene rings is 6. The summed E-state index contributed by atoms with van der Waals surface area (Å²) in [4.78, 5) is 0. The standard InChI is InChI=1S/C36H24Cl4Si/c37-31-16-10-25(11-17-31)28-4-1-7-34(22-28)41(40,35-8-2-5-29(23-35)26-12-18-32(38)19-13-26)36-9-3-6-30(24-36)27-14-20-33(39)21-15-27/h1-24H. The normalized spacial score (nSPS) is 11.4. The summed E-state index contributed by atoms with van der Waals surface area (Å²) in [7, 11) is -3.01. The van der Waals surface area contributed by atoms with E-state index in [1.54, 1.807) is 0 Å². The van der Waals surface area contributed by atoms with Crippen LogP contribution in [-0.2, 0) is 0 Å². The van der Waals surface area contributed by atoms with Gasteiger partial charge < -0.3 is 0 Å². The monoisotopic (exact) mass is 624 g/mol. The van der Waals surface area contributed by atoms with Crippen molar-refractivity contribution in [3.63, 3.8) is 0 Å². The van der Waals surface area contributed by atoms with E-state index in [2.05, 4.69) is 72.8 Å². The first-order valence-corrected chi connectivity index (χ1v) is 17.3. The quantitative estimate of drug-likeness (QED) is 0.0981. The summed E-state index contributed by atoms with van der Waals surface area (Å²) >= 11 is 26.6. The van der Waals surface area contributed by atoms with Crippen LogP contribution in [-0.4, -0.2) is 7.38 Å². The lowest BCUT2D eigenvalue weighted by Gasteiger charge is -2.28. The van der Waals surface area contributed by atoms with Crippen molar-refractivity contribution in [3.05, 3.63) is 161 Å². The van der Waals surface area contributed by atoms with Gasteiger partial charge in [0.15, 0.2) is 0 Å². The Kier molecular flexibility index (Phi) is 8.08. The predicted molar refractivity (Wildman–Crippen MR) is 181 cm³/mol. The van der Waals surface area contributed by atoms with Gasteiger partial charge >= 0.3 is 0 Å². The molecule has 0 radical (unpaired) electrons. The smallest absolute Gasteiger partial charge is 0.149 e. The maximum atomic E-state index is 8.05. The van der Waals surface area contributed by atoms with Gasteiger partial charge in [-0.25, -0.2) is 0 Å². The summed E-state index contributed by atoms with van der Waals surface area (Å²) in [5, 5.41) is 5.45. The third-order valence-electron chi connectivity index (χ3n) is 7.31. The van der Waals surface area contributed by atoms with E-state index in [9.17, 15) is 0 Å². The SMILES string of the molecule is Clc1ccc(-c2cccc([Si](Cl)(c3cccc(-c4ccc(Cl)cc4)c3)c3cccc(-c4ccc(Cl)cc4)c3)c2)cc1. The largest absolute Gasteiger partial charge is 0.248 e. The highest BCUT2D eigenvalue weighted by molar-refractivity contribution is 7.40. The summed E-state index contributed by atoms with van der Waals surface area (Å²) in [6.07, 6.45) is 0. The van der Waals surface area contributed by atoms with Crippen molar-refractivity contribution in [1.82, 2.24) is 0 Å². The van der Waals surface area contributed by atoms with Gasteiger partial charge in [-0.2, -0.15) is 0 Å².